The summed E-state index contributed by atoms with van der Waals surface area (Å²) in [6.45, 7) is 3.23. The SMILES string of the molecule is O=c1n(CCOCCO)nc2n1CCNC2. The van der Waals surface area contributed by atoms with Crippen LogP contribution in [0.15, 0.2) is 4.79 Å². The van der Waals surface area contributed by atoms with Crippen molar-refractivity contribution in [1.82, 2.24) is 19.7 Å². The van der Waals surface area contributed by atoms with Gasteiger partial charge in [0.2, 0.25) is 0 Å². The molecule has 0 saturated carbocycles. The minimum absolute atomic E-state index is 0.00148. The Kier molecular flexibility index (Phi) is 3.70. The Hall–Kier alpha value is -1.18. The molecule has 7 heteroatoms. The van der Waals surface area contributed by atoms with Gasteiger partial charge in [0.25, 0.3) is 0 Å². The first-order valence-corrected chi connectivity index (χ1v) is 5.39. The fraction of sp³-hybridized carbons (Fsp3) is 0.778. The normalized spacial score (nSPS) is 15.1. The van der Waals surface area contributed by atoms with E-state index in [1.807, 2.05) is 0 Å². The third-order valence-corrected chi connectivity index (χ3v) is 2.48. The molecule has 0 unspecified atom stereocenters. The van der Waals surface area contributed by atoms with Gasteiger partial charge in [-0.2, -0.15) is 5.10 Å². The van der Waals surface area contributed by atoms with Crippen molar-refractivity contribution in [2.24, 2.45) is 0 Å². The molecule has 0 atom stereocenters. The summed E-state index contributed by atoms with van der Waals surface area (Å²) in [6.07, 6.45) is 0. The molecule has 0 amide bonds. The standard InChI is InChI=1S/C9H16N4O3/c14-4-6-16-5-3-13-9(15)12-2-1-10-7-8(12)11-13/h10,14H,1-7H2. The lowest BCUT2D eigenvalue weighted by atomic mass is 10.4. The highest BCUT2D eigenvalue weighted by atomic mass is 16.5. The van der Waals surface area contributed by atoms with Gasteiger partial charge >= 0.3 is 5.69 Å². The molecule has 7 nitrogen and oxygen atoms in total. The van der Waals surface area contributed by atoms with Crippen LogP contribution in [0.25, 0.3) is 0 Å². The van der Waals surface area contributed by atoms with Crippen LogP contribution in [0.5, 0.6) is 0 Å². The van der Waals surface area contributed by atoms with Crippen molar-refractivity contribution in [3.63, 3.8) is 0 Å². The van der Waals surface area contributed by atoms with Crippen LogP contribution in [-0.4, -0.2) is 45.8 Å². The van der Waals surface area contributed by atoms with E-state index in [4.69, 9.17) is 9.84 Å². The molecule has 2 N–H and O–H groups in total. The van der Waals surface area contributed by atoms with Gasteiger partial charge in [0.15, 0.2) is 0 Å². The Morgan fingerprint density at radius 2 is 2.38 bits per heavy atom. The van der Waals surface area contributed by atoms with E-state index in [0.717, 1.165) is 12.4 Å². The number of hydrogen-bond acceptors (Lipinski definition) is 5. The van der Waals surface area contributed by atoms with E-state index in [2.05, 4.69) is 10.4 Å². The minimum Gasteiger partial charge on any atom is -0.394 e. The number of nitrogens with one attached hydrogen (secondary N) is 1. The third-order valence-electron chi connectivity index (χ3n) is 2.48. The third kappa shape index (κ3) is 2.31. The quantitative estimate of drug-likeness (QED) is 0.579. The molecule has 0 bridgehead atoms. The van der Waals surface area contributed by atoms with Crippen molar-refractivity contribution < 1.29 is 9.84 Å². The first-order chi connectivity index (χ1) is 7.83. The Morgan fingerprint density at radius 1 is 1.50 bits per heavy atom. The van der Waals surface area contributed by atoms with Gasteiger partial charge in [-0.1, -0.05) is 0 Å². The average Bonchev–Trinajstić information content (AvgIpc) is 2.63. The van der Waals surface area contributed by atoms with E-state index in [1.54, 1.807) is 4.57 Å². The van der Waals surface area contributed by atoms with Gasteiger partial charge in [-0.05, 0) is 0 Å². The van der Waals surface area contributed by atoms with E-state index >= 15 is 0 Å². The number of nitrogens with zero attached hydrogens (tertiary/aromatic N) is 3. The molecular formula is C9H16N4O3. The number of aliphatic hydroxyl groups is 1. The maximum absolute atomic E-state index is 11.8. The smallest absolute Gasteiger partial charge is 0.346 e. The Bertz CT molecular complexity index is 398. The first kappa shape index (κ1) is 11.3. The maximum Gasteiger partial charge on any atom is 0.346 e. The summed E-state index contributed by atoms with van der Waals surface area (Å²) in [5, 5.41) is 15.9. The summed E-state index contributed by atoms with van der Waals surface area (Å²) in [4.78, 5) is 11.8. The lowest BCUT2D eigenvalue weighted by molar-refractivity contribution is 0.0847. The van der Waals surface area contributed by atoms with Crippen molar-refractivity contribution >= 4 is 0 Å². The number of aliphatic hydroxyl groups excluding tert-OH is 1. The van der Waals surface area contributed by atoms with Crippen LogP contribution in [-0.2, 0) is 24.4 Å². The molecule has 1 aromatic rings. The topological polar surface area (TPSA) is 81.3 Å². The molecule has 0 saturated heterocycles. The number of rotatable bonds is 5. The summed E-state index contributed by atoms with van der Waals surface area (Å²) in [5.74, 6) is 0.776. The van der Waals surface area contributed by atoms with Crippen molar-refractivity contribution in [3.8, 4) is 0 Å². The predicted molar refractivity (Wildman–Crippen MR) is 56.1 cm³/mol. The predicted octanol–water partition coefficient (Wildman–Crippen LogP) is -1.84. The second kappa shape index (κ2) is 5.24. The first-order valence-electron chi connectivity index (χ1n) is 5.39. The van der Waals surface area contributed by atoms with Gasteiger partial charge in [-0.15, -0.1) is 0 Å². The average molecular weight is 228 g/mol. The lowest BCUT2D eigenvalue weighted by Gasteiger charge is -2.11. The van der Waals surface area contributed by atoms with Gasteiger partial charge in [0, 0.05) is 13.1 Å². The van der Waals surface area contributed by atoms with Crippen molar-refractivity contribution in [2.45, 2.75) is 19.6 Å². The van der Waals surface area contributed by atoms with Gasteiger partial charge in [0.05, 0.1) is 32.9 Å². The second-order valence-electron chi connectivity index (χ2n) is 3.59. The molecular weight excluding hydrogens is 212 g/mol. The van der Waals surface area contributed by atoms with Crippen LogP contribution < -0.4 is 11.0 Å². The van der Waals surface area contributed by atoms with Crippen molar-refractivity contribution in [1.29, 1.82) is 0 Å². The Morgan fingerprint density at radius 3 is 3.12 bits per heavy atom. The molecule has 16 heavy (non-hydrogen) atoms. The van der Waals surface area contributed by atoms with E-state index in [9.17, 15) is 4.79 Å². The monoisotopic (exact) mass is 228 g/mol. The van der Waals surface area contributed by atoms with Gasteiger partial charge in [0.1, 0.15) is 5.82 Å². The molecule has 0 radical (unpaired) electrons. The van der Waals surface area contributed by atoms with Crippen LogP contribution in [0.3, 0.4) is 0 Å². The fourth-order valence-corrected chi connectivity index (χ4v) is 1.70. The second-order valence-corrected chi connectivity index (χ2v) is 3.59. The summed E-state index contributed by atoms with van der Waals surface area (Å²) in [5.41, 5.74) is -0.0795. The molecule has 0 fully saturated rings. The Labute approximate surface area is 92.6 Å². The van der Waals surface area contributed by atoms with Gasteiger partial charge < -0.3 is 15.2 Å². The molecule has 1 aliphatic rings. The van der Waals surface area contributed by atoms with E-state index in [1.165, 1.54) is 4.68 Å². The van der Waals surface area contributed by atoms with Crippen molar-refractivity contribution in [3.05, 3.63) is 16.3 Å². The summed E-state index contributed by atoms with van der Waals surface area (Å²) >= 11 is 0. The summed E-state index contributed by atoms with van der Waals surface area (Å²) in [7, 11) is 0. The van der Waals surface area contributed by atoms with Crippen LogP contribution >= 0.6 is 0 Å². The van der Waals surface area contributed by atoms with Crippen LogP contribution in [0, 0.1) is 0 Å². The molecule has 1 aromatic heterocycles. The fourth-order valence-electron chi connectivity index (χ4n) is 1.70. The molecule has 0 aliphatic carbocycles. The van der Waals surface area contributed by atoms with Crippen LogP contribution in [0.4, 0.5) is 0 Å². The summed E-state index contributed by atoms with van der Waals surface area (Å²) < 4.78 is 8.20. The highest BCUT2D eigenvalue weighted by Crippen LogP contribution is 1.97. The zero-order valence-electron chi connectivity index (χ0n) is 9.06. The minimum atomic E-state index is -0.0795. The molecule has 0 aromatic carbocycles. The lowest BCUT2D eigenvalue weighted by Crippen LogP contribution is -2.34. The molecule has 2 rings (SSSR count). The van der Waals surface area contributed by atoms with Crippen LogP contribution in [0.2, 0.25) is 0 Å². The number of ether oxygens (including phenoxy) is 1. The number of hydrogen-bond donors (Lipinski definition) is 2. The molecule has 0 spiro atoms. The van der Waals surface area contributed by atoms with E-state index in [0.29, 0.717) is 32.8 Å². The zero-order valence-corrected chi connectivity index (χ0v) is 9.06. The van der Waals surface area contributed by atoms with Crippen LogP contribution in [0.1, 0.15) is 5.82 Å². The highest BCUT2D eigenvalue weighted by molar-refractivity contribution is 4.90. The summed E-state index contributed by atoms with van der Waals surface area (Å²) in [6, 6.07) is 0. The van der Waals surface area contributed by atoms with Gasteiger partial charge in [-0.25, -0.2) is 9.48 Å². The Balaban J connectivity index is 1.99. The molecule has 1 aliphatic heterocycles. The zero-order chi connectivity index (χ0) is 11.4. The van der Waals surface area contributed by atoms with Gasteiger partial charge in [-0.3, -0.25) is 4.57 Å². The molecule has 2 heterocycles. The number of fused-ring (bicyclic) bond motifs is 1. The number of aromatic nitrogens is 3. The molecule has 90 valence electrons. The highest BCUT2D eigenvalue weighted by Gasteiger charge is 2.15. The largest absolute Gasteiger partial charge is 0.394 e. The maximum atomic E-state index is 11.8. The van der Waals surface area contributed by atoms with E-state index < -0.39 is 0 Å². The van der Waals surface area contributed by atoms with Crippen molar-refractivity contribution in [2.75, 3.05) is 26.4 Å². The van der Waals surface area contributed by atoms with E-state index in [-0.39, 0.29) is 12.3 Å².